The number of Topliss-reactive ketones (excluding diaryl/α,β-unsaturated/α-hetero) is 1. The lowest BCUT2D eigenvalue weighted by Gasteiger charge is -2.12. The van der Waals surface area contributed by atoms with Gasteiger partial charge in [0.2, 0.25) is 0 Å². The van der Waals surface area contributed by atoms with E-state index in [1.807, 2.05) is 0 Å². The normalized spacial score (nSPS) is 24.7. The van der Waals surface area contributed by atoms with Gasteiger partial charge in [-0.3, -0.25) is 4.79 Å². The van der Waals surface area contributed by atoms with E-state index in [1.165, 1.54) is 0 Å². The summed E-state index contributed by atoms with van der Waals surface area (Å²) in [5.74, 6) is 0.255. The van der Waals surface area contributed by atoms with Gasteiger partial charge in [-0.25, -0.2) is 4.79 Å². The molecule has 2 N–H and O–H groups in total. The third-order valence-corrected chi connectivity index (χ3v) is 2.01. The maximum atomic E-state index is 10.9. The summed E-state index contributed by atoms with van der Waals surface area (Å²) in [5, 5.41) is 0. The van der Waals surface area contributed by atoms with Gasteiger partial charge in [0.15, 0.2) is 0 Å². The monoisotopic (exact) mass is 171 g/mol. The molecule has 1 aliphatic rings. The number of amides is 1. The highest BCUT2D eigenvalue weighted by Crippen LogP contribution is 2.17. The molecule has 0 bridgehead atoms. The van der Waals surface area contributed by atoms with E-state index in [0.29, 0.717) is 19.3 Å². The van der Waals surface area contributed by atoms with Crippen molar-refractivity contribution in [2.75, 3.05) is 0 Å². The number of ketones is 1. The molecular weight excluding hydrogens is 158 g/mol. The molecular formula is C8H13NO3. The largest absolute Gasteiger partial charge is 0.446 e. The smallest absolute Gasteiger partial charge is 0.404 e. The molecule has 0 aromatic rings. The van der Waals surface area contributed by atoms with Crippen LogP contribution < -0.4 is 5.73 Å². The van der Waals surface area contributed by atoms with E-state index in [2.05, 4.69) is 0 Å². The van der Waals surface area contributed by atoms with Crippen molar-refractivity contribution in [3.63, 3.8) is 0 Å². The van der Waals surface area contributed by atoms with Gasteiger partial charge < -0.3 is 10.5 Å². The maximum Gasteiger partial charge on any atom is 0.404 e. The Bertz CT molecular complexity index is 191. The van der Waals surface area contributed by atoms with Gasteiger partial charge in [0.1, 0.15) is 11.9 Å². The molecule has 68 valence electrons. The summed E-state index contributed by atoms with van der Waals surface area (Å²) in [6, 6.07) is 0. The molecule has 1 unspecified atom stereocenters. The maximum absolute atomic E-state index is 10.9. The van der Waals surface area contributed by atoms with Gasteiger partial charge in [-0.15, -0.1) is 0 Å². The van der Waals surface area contributed by atoms with Gasteiger partial charge in [-0.2, -0.15) is 0 Å². The Hall–Kier alpha value is -1.06. The van der Waals surface area contributed by atoms with E-state index in [4.69, 9.17) is 10.5 Å². The Labute approximate surface area is 71.1 Å². The Morgan fingerprint density at radius 2 is 2.17 bits per heavy atom. The molecule has 4 nitrogen and oxygen atoms in total. The highest BCUT2D eigenvalue weighted by Gasteiger charge is 2.18. The Balaban J connectivity index is 2.35. The van der Waals surface area contributed by atoms with Crippen LogP contribution in [0.5, 0.6) is 0 Å². The Morgan fingerprint density at radius 1 is 1.42 bits per heavy atom. The van der Waals surface area contributed by atoms with Crippen LogP contribution in [0.4, 0.5) is 4.79 Å². The number of rotatable bonds is 1. The minimum atomic E-state index is -0.741. The fraction of sp³-hybridized carbons (Fsp3) is 0.750. The van der Waals surface area contributed by atoms with Crippen molar-refractivity contribution < 1.29 is 14.3 Å². The van der Waals surface area contributed by atoms with Crippen LogP contribution in [0, 0.1) is 0 Å². The molecule has 0 aliphatic heterocycles. The molecule has 0 heterocycles. The summed E-state index contributed by atoms with van der Waals surface area (Å²) >= 11 is 0. The van der Waals surface area contributed by atoms with Crippen LogP contribution >= 0.6 is 0 Å². The zero-order chi connectivity index (χ0) is 8.97. The molecule has 1 aliphatic carbocycles. The van der Waals surface area contributed by atoms with Gasteiger partial charge in [-0.05, 0) is 19.3 Å². The molecule has 1 saturated carbocycles. The Morgan fingerprint density at radius 3 is 2.83 bits per heavy atom. The first kappa shape index (κ1) is 9.03. The lowest BCUT2D eigenvalue weighted by Crippen LogP contribution is -2.22. The van der Waals surface area contributed by atoms with Crippen LogP contribution in [-0.4, -0.2) is 18.0 Å². The Kier molecular flexibility index (Phi) is 3.08. The molecule has 0 saturated heterocycles. The zero-order valence-electron chi connectivity index (χ0n) is 6.91. The number of carbonyl (C=O) groups excluding carboxylic acids is 2. The van der Waals surface area contributed by atoms with Crippen molar-refractivity contribution in [3.8, 4) is 0 Å². The summed E-state index contributed by atoms with van der Waals surface area (Å²) < 4.78 is 4.81. The number of carbonyl (C=O) groups is 2. The zero-order valence-corrected chi connectivity index (χ0v) is 6.91. The average Bonchev–Trinajstić information content (AvgIpc) is 2.15. The highest BCUT2D eigenvalue weighted by atomic mass is 16.6. The van der Waals surface area contributed by atoms with Crippen molar-refractivity contribution in [3.05, 3.63) is 0 Å². The minimum absolute atomic E-state index is 0.144. The van der Waals surface area contributed by atoms with Crippen LogP contribution in [0.1, 0.15) is 32.1 Å². The number of nitrogens with two attached hydrogens (primary N) is 1. The predicted octanol–water partition coefficient (Wildman–Crippen LogP) is 0.984. The van der Waals surface area contributed by atoms with E-state index in [1.54, 1.807) is 0 Å². The van der Waals surface area contributed by atoms with Crippen molar-refractivity contribution in [2.24, 2.45) is 5.73 Å². The van der Waals surface area contributed by atoms with Crippen molar-refractivity contribution in [1.29, 1.82) is 0 Å². The van der Waals surface area contributed by atoms with Crippen LogP contribution in [0.25, 0.3) is 0 Å². The van der Waals surface area contributed by atoms with Crippen molar-refractivity contribution >= 4 is 11.9 Å². The number of ether oxygens (including phenoxy) is 1. The average molecular weight is 171 g/mol. The molecule has 0 aromatic carbocycles. The van der Waals surface area contributed by atoms with Crippen LogP contribution in [0.2, 0.25) is 0 Å². The first-order valence-corrected chi connectivity index (χ1v) is 4.16. The highest BCUT2D eigenvalue weighted by molar-refractivity contribution is 5.78. The third kappa shape index (κ3) is 2.90. The molecule has 0 spiro atoms. The van der Waals surface area contributed by atoms with Gasteiger partial charge in [0.25, 0.3) is 0 Å². The standard InChI is InChI=1S/C8H13NO3/c9-8(11)12-7-3-1-2-6(10)4-5-7/h7H,1-5H2,(H2,9,11). The second kappa shape index (κ2) is 4.09. The first-order valence-electron chi connectivity index (χ1n) is 4.16. The van der Waals surface area contributed by atoms with E-state index < -0.39 is 6.09 Å². The van der Waals surface area contributed by atoms with E-state index in [0.717, 1.165) is 12.8 Å². The van der Waals surface area contributed by atoms with Gasteiger partial charge in [-0.1, -0.05) is 0 Å². The molecule has 1 amide bonds. The quantitative estimate of drug-likeness (QED) is 0.598. The number of primary amides is 1. The molecule has 1 atom stereocenters. The van der Waals surface area contributed by atoms with Crippen LogP contribution in [0.15, 0.2) is 0 Å². The van der Waals surface area contributed by atoms with Crippen molar-refractivity contribution in [2.45, 2.75) is 38.2 Å². The fourth-order valence-electron chi connectivity index (χ4n) is 1.40. The van der Waals surface area contributed by atoms with Gasteiger partial charge in [0.05, 0.1) is 0 Å². The summed E-state index contributed by atoms with van der Waals surface area (Å²) in [6.45, 7) is 0. The van der Waals surface area contributed by atoms with E-state index >= 15 is 0 Å². The third-order valence-electron chi connectivity index (χ3n) is 2.01. The molecule has 0 aromatic heterocycles. The van der Waals surface area contributed by atoms with Gasteiger partial charge >= 0.3 is 6.09 Å². The van der Waals surface area contributed by atoms with Gasteiger partial charge in [0, 0.05) is 12.8 Å². The van der Waals surface area contributed by atoms with Crippen LogP contribution in [-0.2, 0) is 9.53 Å². The van der Waals surface area contributed by atoms with E-state index in [9.17, 15) is 9.59 Å². The molecule has 12 heavy (non-hydrogen) atoms. The molecule has 4 heteroatoms. The second-order valence-electron chi connectivity index (χ2n) is 3.03. The first-order chi connectivity index (χ1) is 5.68. The topological polar surface area (TPSA) is 69.4 Å². The summed E-state index contributed by atoms with van der Waals surface area (Å²) in [7, 11) is 0. The number of hydrogen-bond donors (Lipinski definition) is 1. The summed E-state index contributed by atoms with van der Waals surface area (Å²) in [4.78, 5) is 21.3. The predicted molar refractivity (Wildman–Crippen MR) is 42.5 cm³/mol. The SMILES string of the molecule is NC(=O)OC1CCCC(=O)CC1. The fourth-order valence-corrected chi connectivity index (χ4v) is 1.40. The summed E-state index contributed by atoms with van der Waals surface area (Å²) in [5.41, 5.74) is 4.86. The van der Waals surface area contributed by atoms with Crippen molar-refractivity contribution in [1.82, 2.24) is 0 Å². The number of hydrogen-bond acceptors (Lipinski definition) is 3. The van der Waals surface area contributed by atoms with E-state index in [-0.39, 0.29) is 11.9 Å². The lowest BCUT2D eigenvalue weighted by molar-refractivity contribution is -0.119. The van der Waals surface area contributed by atoms with Crippen LogP contribution in [0.3, 0.4) is 0 Å². The molecule has 0 radical (unpaired) electrons. The molecule has 1 fully saturated rings. The molecule has 1 rings (SSSR count). The summed E-state index contributed by atoms with van der Waals surface area (Å²) in [6.07, 6.45) is 2.42. The minimum Gasteiger partial charge on any atom is -0.446 e. The lowest BCUT2D eigenvalue weighted by atomic mass is 10.1. The second-order valence-corrected chi connectivity index (χ2v) is 3.03.